The molecule has 0 saturated carbocycles. The van der Waals surface area contributed by atoms with Crippen LogP contribution in [0.2, 0.25) is 0 Å². The number of anilines is 2. The molecule has 0 radical (unpaired) electrons. The highest BCUT2D eigenvalue weighted by atomic mass is 32.2. The highest BCUT2D eigenvalue weighted by Crippen LogP contribution is 2.44. The number of nitrogens with two attached hydrogens (primary N) is 2. The molecule has 0 aliphatic carbocycles. The van der Waals surface area contributed by atoms with Crippen molar-refractivity contribution < 1.29 is 23.2 Å². The number of imidazole rings is 1. The molecule has 1 aromatic carbocycles. The molecule has 2 amide bonds. The van der Waals surface area contributed by atoms with Crippen LogP contribution >= 0.6 is 0 Å². The zero-order valence-corrected chi connectivity index (χ0v) is 24.3. The topological polar surface area (TPSA) is 161 Å². The summed E-state index contributed by atoms with van der Waals surface area (Å²) in [4.78, 5) is 26.4. The summed E-state index contributed by atoms with van der Waals surface area (Å²) in [6.07, 6.45) is 1.53. The molecule has 216 valence electrons. The molecule has 12 nitrogen and oxygen atoms in total. The van der Waals surface area contributed by atoms with Gasteiger partial charge in [0.05, 0.1) is 12.1 Å². The number of nitrogen functional groups attached to an aromatic ring is 1. The Morgan fingerprint density at radius 1 is 1.12 bits per heavy atom. The van der Waals surface area contributed by atoms with E-state index in [-0.39, 0.29) is 17.0 Å². The number of hydrogen-bond acceptors (Lipinski definition) is 9. The number of amides is 2. The summed E-state index contributed by atoms with van der Waals surface area (Å²) in [5, 5.41) is 0. The molecule has 5 atom stereocenters. The third kappa shape index (κ3) is 5.69. The van der Waals surface area contributed by atoms with E-state index < -0.39 is 47.2 Å². The largest absolute Gasteiger partial charge is 0.382 e. The Bertz CT molecular complexity index is 1400. The van der Waals surface area contributed by atoms with Gasteiger partial charge in [-0.3, -0.25) is 13.7 Å². The van der Waals surface area contributed by atoms with Gasteiger partial charge in [-0.1, -0.05) is 32.9 Å². The number of aromatic nitrogens is 4. The quantitative estimate of drug-likeness (QED) is 0.414. The Morgan fingerprint density at radius 2 is 1.82 bits per heavy atom. The van der Waals surface area contributed by atoms with E-state index >= 15 is 0 Å². The zero-order chi connectivity index (χ0) is 28.8. The predicted octanol–water partition coefficient (Wildman–Crippen LogP) is 2.85. The number of benzene rings is 1. The smallest absolute Gasteiger partial charge is 0.319 e. The van der Waals surface area contributed by atoms with Crippen molar-refractivity contribution in [2.24, 2.45) is 5.73 Å². The second kappa shape index (κ2) is 10.7. The molecule has 40 heavy (non-hydrogen) atoms. The molecular weight excluding hydrogens is 534 g/mol. The van der Waals surface area contributed by atoms with Gasteiger partial charge in [0, 0.05) is 28.8 Å². The number of hydrogen-bond donors (Lipinski definition) is 2. The van der Waals surface area contributed by atoms with E-state index in [0.717, 1.165) is 5.56 Å². The average molecular weight is 572 g/mol. The van der Waals surface area contributed by atoms with Crippen molar-refractivity contribution in [1.82, 2.24) is 19.5 Å². The van der Waals surface area contributed by atoms with Crippen LogP contribution in [0.3, 0.4) is 0 Å². The van der Waals surface area contributed by atoms with Crippen molar-refractivity contribution in [3.63, 3.8) is 0 Å². The molecule has 2 fully saturated rings. The van der Waals surface area contributed by atoms with Crippen molar-refractivity contribution >= 4 is 39.5 Å². The Labute approximate surface area is 235 Å². The molecular formula is C27H37N7O5S. The lowest BCUT2D eigenvalue weighted by Crippen LogP contribution is -2.37. The van der Waals surface area contributed by atoms with Crippen molar-refractivity contribution in [1.29, 1.82) is 0 Å². The lowest BCUT2D eigenvalue weighted by atomic mass is 9.87. The summed E-state index contributed by atoms with van der Waals surface area (Å²) in [6.45, 7) is 10.4. The summed E-state index contributed by atoms with van der Waals surface area (Å²) in [6, 6.07) is 7.25. The van der Waals surface area contributed by atoms with E-state index in [4.69, 9.17) is 25.7 Å². The summed E-state index contributed by atoms with van der Waals surface area (Å²) in [5.41, 5.74) is 14.5. The van der Waals surface area contributed by atoms with Crippen LogP contribution in [-0.4, -0.2) is 71.9 Å². The van der Waals surface area contributed by atoms with Gasteiger partial charge in [0.25, 0.3) is 0 Å². The molecule has 0 bridgehead atoms. The molecule has 4 N–H and O–H groups in total. The third-order valence-corrected chi connectivity index (χ3v) is 8.65. The normalized spacial score (nSPS) is 24.7. The molecule has 2 aliphatic rings. The zero-order valence-electron chi connectivity index (χ0n) is 23.4. The van der Waals surface area contributed by atoms with Crippen molar-refractivity contribution in [2.75, 3.05) is 28.7 Å². The maximum Gasteiger partial charge on any atom is 0.319 e. The highest BCUT2D eigenvalue weighted by Gasteiger charge is 2.56. The predicted molar refractivity (Wildman–Crippen MR) is 152 cm³/mol. The van der Waals surface area contributed by atoms with Gasteiger partial charge in [0.2, 0.25) is 0 Å². The highest BCUT2D eigenvalue weighted by molar-refractivity contribution is 7.85. The van der Waals surface area contributed by atoms with Crippen LogP contribution in [0.25, 0.3) is 11.2 Å². The van der Waals surface area contributed by atoms with Gasteiger partial charge in [-0.05, 0) is 43.4 Å². The first-order chi connectivity index (χ1) is 18.8. The number of ether oxygens (including phenoxy) is 3. The Balaban J connectivity index is 1.23. The number of fused-ring (bicyclic) bond motifs is 2. The second-order valence-corrected chi connectivity index (χ2v) is 13.3. The fourth-order valence-electron chi connectivity index (χ4n) is 5.23. The second-order valence-electron chi connectivity index (χ2n) is 11.7. The maximum atomic E-state index is 13.2. The van der Waals surface area contributed by atoms with E-state index in [1.165, 1.54) is 11.2 Å². The molecule has 2 unspecified atom stereocenters. The van der Waals surface area contributed by atoms with Crippen molar-refractivity contribution in [2.45, 2.75) is 76.8 Å². The van der Waals surface area contributed by atoms with Crippen LogP contribution in [0, 0.1) is 0 Å². The Morgan fingerprint density at radius 3 is 2.50 bits per heavy atom. The van der Waals surface area contributed by atoms with E-state index in [1.54, 1.807) is 10.9 Å². The molecule has 2 aliphatic heterocycles. The van der Waals surface area contributed by atoms with Gasteiger partial charge in [-0.15, -0.1) is 0 Å². The van der Waals surface area contributed by atoms with Gasteiger partial charge in [-0.25, -0.2) is 19.7 Å². The summed E-state index contributed by atoms with van der Waals surface area (Å²) >= 11 is 0. The number of primary amides is 1. The average Bonchev–Trinajstić information content (AvgIpc) is 3.53. The van der Waals surface area contributed by atoms with E-state index in [9.17, 15) is 9.00 Å². The minimum atomic E-state index is -1.25. The Hall–Kier alpha value is -3.13. The summed E-state index contributed by atoms with van der Waals surface area (Å²) in [5.74, 6) is 0.0624. The van der Waals surface area contributed by atoms with Gasteiger partial charge < -0.3 is 25.7 Å². The van der Waals surface area contributed by atoms with Crippen LogP contribution in [0.15, 0.2) is 36.9 Å². The van der Waals surface area contributed by atoms with Crippen LogP contribution in [-0.2, 0) is 30.4 Å². The molecule has 0 spiro atoms. The van der Waals surface area contributed by atoms with Gasteiger partial charge >= 0.3 is 6.03 Å². The monoisotopic (exact) mass is 571 g/mol. The Kier molecular flexibility index (Phi) is 7.59. The van der Waals surface area contributed by atoms with Crippen molar-refractivity contribution in [3.8, 4) is 0 Å². The molecule has 2 saturated heterocycles. The third-order valence-electron chi connectivity index (χ3n) is 7.20. The molecule has 5 rings (SSSR count). The van der Waals surface area contributed by atoms with Crippen molar-refractivity contribution in [3.05, 3.63) is 42.5 Å². The van der Waals surface area contributed by atoms with Gasteiger partial charge in [0.15, 0.2) is 23.5 Å². The summed E-state index contributed by atoms with van der Waals surface area (Å²) in [7, 11) is -1.25. The standard InChI is InChI=1S/C27H37N7O5S/c1-26(2,3)16-7-9-17(10-8-16)33(25(29)35)11-6-12-40(36)13-18-20-21(39-27(4,5)38-20)24(37-18)34-15-32-19-22(28)30-14-31-23(19)34/h7-10,14-15,18,20-21,24H,6,11-13H2,1-5H3,(H2,29,35)(H2,28,30,31)/t18-,20-,21?,24-,40?/m1/s1. The minimum Gasteiger partial charge on any atom is -0.382 e. The first kappa shape index (κ1) is 28.4. The SMILES string of the molecule is CC1(C)OC2[C@H](n3cnc4c(N)ncnc43)O[C@H](CS(=O)CCCN(C(N)=O)c3ccc(C(C)(C)C)cc3)[C@H]2O1. The van der Waals surface area contributed by atoms with Gasteiger partial charge in [-0.2, -0.15) is 0 Å². The molecule has 13 heteroatoms. The lowest BCUT2D eigenvalue weighted by molar-refractivity contribution is -0.193. The van der Waals surface area contributed by atoms with E-state index in [2.05, 4.69) is 35.7 Å². The van der Waals surface area contributed by atoms with E-state index in [1.807, 2.05) is 38.1 Å². The van der Waals surface area contributed by atoms with Crippen LogP contribution in [0.1, 0.15) is 52.8 Å². The van der Waals surface area contributed by atoms with Crippen LogP contribution in [0.4, 0.5) is 16.3 Å². The molecule has 2 aromatic heterocycles. The fraction of sp³-hybridized carbons (Fsp3) is 0.556. The number of nitrogens with zero attached hydrogens (tertiary/aromatic N) is 5. The molecule has 3 aromatic rings. The lowest BCUT2D eigenvalue weighted by Gasteiger charge is -2.25. The number of carbonyl (C=O) groups is 1. The maximum absolute atomic E-state index is 13.2. The first-order valence-corrected chi connectivity index (χ1v) is 14.8. The number of urea groups is 1. The first-order valence-electron chi connectivity index (χ1n) is 13.3. The molecule has 4 heterocycles. The summed E-state index contributed by atoms with van der Waals surface area (Å²) < 4.78 is 33.7. The van der Waals surface area contributed by atoms with E-state index in [0.29, 0.717) is 35.6 Å². The number of rotatable bonds is 8. The minimum absolute atomic E-state index is 0.00261. The van der Waals surface area contributed by atoms with Crippen LogP contribution in [0.5, 0.6) is 0 Å². The van der Waals surface area contributed by atoms with Crippen LogP contribution < -0.4 is 16.4 Å². The number of carbonyl (C=O) groups excluding carboxylic acids is 1. The fourth-order valence-corrected chi connectivity index (χ4v) is 6.48. The van der Waals surface area contributed by atoms with Gasteiger partial charge in [0.1, 0.15) is 30.2 Å².